The van der Waals surface area contributed by atoms with Gasteiger partial charge >= 0.3 is 0 Å². The van der Waals surface area contributed by atoms with Gasteiger partial charge in [-0.3, -0.25) is 0 Å². The highest BCUT2D eigenvalue weighted by Crippen LogP contribution is 2.32. The Hall–Kier alpha value is -0.730. The van der Waals surface area contributed by atoms with Crippen molar-refractivity contribution < 1.29 is 0 Å². The minimum atomic E-state index is 0.211. The first-order chi connectivity index (χ1) is 7.79. The molecule has 1 atom stereocenters. The summed E-state index contributed by atoms with van der Waals surface area (Å²) < 4.78 is 0. The number of anilines is 1. The van der Waals surface area contributed by atoms with Gasteiger partial charge in [0.2, 0.25) is 0 Å². The Kier molecular flexibility index (Phi) is 4.45. The molecule has 1 aromatic carbocycles. The van der Waals surface area contributed by atoms with E-state index in [1.165, 1.54) is 0 Å². The van der Waals surface area contributed by atoms with Gasteiger partial charge in [-0.2, -0.15) is 0 Å². The first-order valence-corrected chi connectivity index (χ1v) is 6.37. The molecule has 0 aliphatic rings. The number of hydrogen-bond donors (Lipinski definition) is 1. The molecule has 17 heavy (non-hydrogen) atoms. The zero-order valence-corrected chi connectivity index (χ0v) is 12.2. The molecule has 0 bridgehead atoms. The van der Waals surface area contributed by atoms with Crippen molar-refractivity contribution in [1.82, 2.24) is 0 Å². The van der Waals surface area contributed by atoms with Crippen LogP contribution in [-0.2, 0) is 6.54 Å². The van der Waals surface area contributed by atoms with E-state index in [-0.39, 0.29) is 5.41 Å². The second kappa shape index (κ2) is 5.28. The molecule has 0 spiro atoms. The van der Waals surface area contributed by atoms with Gasteiger partial charge < -0.3 is 10.6 Å². The zero-order chi connectivity index (χ0) is 13.2. The molecule has 1 unspecified atom stereocenters. The summed E-state index contributed by atoms with van der Waals surface area (Å²) in [6.45, 7) is 9.40. The fourth-order valence-corrected chi connectivity index (χ4v) is 2.12. The largest absolute Gasteiger partial charge is 0.371 e. The van der Waals surface area contributed by atoms with Gasteiger partial charge in [-0.05, 0) is 24.5 Å². The Bertz CT molecular complexity index is 382. The number of halogens is 1. The molecule has 0 aliphatic carbocycles. The molecule has 3 heteroatoms. The Labute approximate surface area is 110 Å². The molecular formula is C14H23ClN2. The summed E-state index contributed by atoms with van der Waals surface area (Å²) in [6.07, 6.45) is 0. The molecule has 0 radical (unpaired) electrons. The summed E-state index contributed by atoms with van der Waals surface area (Å²) >= 11 is 6.19. The summed E-state index contributed by atoms with van der Waals surface area (Å²) in [6, 6.07) is 6.35. The maximum absolute atomic E-state index is 6.19. The Morgan fingerprint density at radius 1 is 1.35 bits per heavy atom. The van der Waals surface area contributed by atoms with E-state index >= 15 is 0 Å². The van der Waals surface area contributed by atoms with Crippen molar-refractivity contribution in [2.24, 2.45) is 11.1 Å². The zero-order valence-electron chi connectivity index (χ0n) is 11.4. The number of rotatable bonds is 3. The second-order valence-corrected chi connectivity index (χ2v) is 6.00. The van der Waals surface area contributed by atoms with E-state index in [9.17, 15) is 0 Å². The number of nitrogens with zero attached hydrogens (tertiary/aromatic N) is 1. The fraction of sp³-hybridized carbons (Fsp3) is 0.571. The van der Waals surface area contributed by atoms with Crippen LogP contribution in [0.25, 0.3) is 0 Å². The summed E-state index contributed by atoms with van der Waals surface area (Å²) in [4.78, 5) is 2.26. The van der Waals surface area contributed by atoms with Crippen LogP contribution >= 0.6 is 11.6 Å². The van der Waals surface area contributed by atoms with Crippen LogP contribution in [0.4, 0.5) is 5.69 Å². The lowest BCUT2D eigenvalue weighted by atomic mass is 9.86. The lowest BCUT2D eigenvalue weighted by Crippen LogP contribution is -2.40. The predicted molar refractivity (Wildman–Crippen MR) is 76.7 cm³/mol. The van der Waals surface area contributed by atoms with Crippen LogP contribution in [-0.4, -0.2) is 13.1 Å². The van der Waals surface area contributed by atoms with Crippen molar-refractivity contribution in [3.8, 4) is 0 Å². The average Bonchev–Trinajstić information content (AvgIpc) is 2.25. The molecule has 0 aromatic heterocycles. The Morgan fingerprint density at radius 3 is 2.41 bits per heavy atom. The van der Waals surface area contributed by atoms with E-state index in [0.29, 0.717) is 12.6 Å². The van der Waals surface area contributed by atoms with E-state index in [1.54, 1.807) is 0 Å². The van der Waals surface area contributed by atoms with Crippen LogP contribution in [0.5, 0.6) is 0 Å². The van der Waals surface area contributed by atoms with E-state index in [4.69, 9.17) is 17.3 Å². The standard InChI is InChI=1S/C14H23ClN2/c1-10(14(2,3)4)17(5)13-8-6-7-12(15)11(13)9-16/h6-8,10H,9,16H2,1-5H3. The minimum absolute atomic E-state index is 0.211. The summed E-state index contributed by atoms with van der Waals surface area (Å²) in [7, 11) is 2.10. The number of nitrogens with two attached hydrogens (primary N) is 1. The molecule has 0 amide bonds. The number of benzene rings is 1. The lowest BCUT2D eigenvalue weighted by Gasteiger charge is -2.38. The molecule has 0 fully saturated rings. The predicted octanol–water partition coefficient (Wildman–Crippen LogP) is 3.67. The van der Waals surface area contributed by atoms with E-state index in [1.807, 2.05) is 12.1 Å². The van der Waals surface area contributed by atoms with Gasteiger partial charge in [0.15, 0.2) is 0 Å². The van der Waals surface area contributed by atoms with Crippen LogP contribution in [0, 0.1) is 5.41 Å². The Balaban J connectivity index is 3.12. The first kappa shape index (κ1) is 14.3. The van der Waals surface area contributed by atoms with Crippen molar-refractivity contribution in [3.63, 3.8) is 0 Å². The highest BCUT2D eigenvalue weighted by atomic mass is 35.5. The molecule has 0 aliphatic heterocycles. The van der Waals surface area contributed by atoms with Crippen molar-refractivity contribution in [1.29, 1.82) is 0 Å². The molecule has 2 nitrogen and oxygen atoms in total. The first-order valence-electron chi connectivity index (χ1n) is 5.99. The minimum Gasteiger partial charge on any atom is -0.371 e. The maximum atomic E-state index is 6.19. The Morgan fingerprint density at radius 2 is 1.94 bits per heavy atom. The molecule has 1 aromatic rings. The van der Waals surface area contributed by atoms with Crippen LogP contribution in [0.2, 0.25) is 5.02 Å². The third-order valence-electron chi connectivity index (χ3n) is 3.51. The van der Waals surface area contributed by atoms with Gasteiger partial charge in [-0.15, -0.1) is 0 Å². The molecule has 0 saturated heterocycles. The van der Waals surface area contributed by atoms with Gasteiger partial charge in [0.1, 0.15) is 0 Å². The number of hydrogen-bond acceptors (Lipinski definition) is 2. The molecule has 2 N–H and O–H groups in total. The third-order valence-corrected chi connectivity index (χ3v) is 3.87. The summed E-state index contributed by atoms with van der Waals surface area (Å²) in [5.74, 6) is 0. The smallest absolute Gasteiger partial charge is 0.0471 e. The fourth-order valence-electron chi connectivity index (χ4n) is 1.87. The van der Waals surface area contributed by atoms with Crippen molar-refractivity contribution >= 4 is 17.3 Å². The monoisotopic (exact) mass is 254 g/mol. The van der Waals surface area contributed by atoms with Gasteiger partial charge in [-0.25, -0.2) is 0 Å². The normalized spacial score (nSPS) is 13.6. The summed E-state index contributed by atoms with van der Waals surface area (Å²) in [5, 5.41) is 0.748. The van der Waals surface area contributed by atoms with Crippen LogP contribution in [0.3, 0.4) is 0 Å². The lowest BCUT2D eigenvalue weighted by molar-refractivity contribution is 0.329. The maximum Gasteiger partial charge on any atom is 0.0471 e. The van der Waals surface area contributed by atoms with E-state index < -0.39 is 0 Å². The molecule has 0 heterocycles. The van der Waals surface area contributed by atoms with Gasteiger partial charge in [0, 0.05) is 35.9 Å². The summed E-state index contributed by atoms with van der Waals surface area (Å²) in [5.41, 5.74) is 8.15. The third kappa shape index (κ3) is 3.14. The topological polar surface area (TPSA) is 29.3 Å². The average molecular weight is 255 g/mol. The highest BCUT2D eigenvalue weighted by Gasteiger charge is 2.25. The van der Waals surface area contributed by atoms with Crippen molar-refractivity contribution in [3.05, 3.63) is 28.8 Å². The highest BCUT2D eigenvalue weighted by molar-refractivity contribution is 6.31. The molecular weight excluding hydrogens is 232 g/mol. The van der Waals surface area contributed by atoms with Crippen LogP contribution < -0.4 is 10.6 Å². The van der Waals surface area contributed by atoms with Gasteiger partial charge in [-0.1, -0.05) is 38.4 Å². The molecule has 0 saturated carbocycles. The van der Waals surface area contributed by atoms with Gasteiger partial charge in [0.05, 0.1) is 0 Å². The van der Waals surface area contributed by atoms with Gasteiger partial charge in [0.25, 0.3) is 0 Å². The van der Waals surface area contributed by atoms with Crippen LogP contribution in [0.15, 0.2) is 18.2 Å². The van der Waals surface area contributed by atoms with Crippen LogP contribution in [0.1, 0.15) is 33.3 Å². The van der Waals surface area contributed by atoms with E-state index in [2.05, 4.69) is 45.7 Å². The quantitative estimate of drug-likeness (QED) is 0.892. The molecule has 96 valence electrons. The SMILES string of the molecule is CC(N(C)c1cccc(Cl)c1CN)C(C)(C)C. The van der Waals surface area contributed by atoms with E-state index in [0.717, 1.165) is 16.3 Å². The van der Waals surface area contributed by atoms with Crippen molar-refractivity contribution in [2.75, 3.05) is 11.9 Å². The molecule has 1 rings (SSSR count). The second-order valence-electron chi connectivity index (χ2n) is 5.59. The van der Waals surface area contributed by atoms with Crippen molar-refractivity contribution in [2.45, 2.75) is 40.3 Å².